The zero-order chi connectivity index (χ0) is 22.9. The number of anilines is 2. The number of ether oxygens (including phenoxy) is 1. The summed E-state index contributed by atoms with van der Waals surface area (Å²) < 4.78 is 56.2. The van der Waals surface area contributed by atoms with Gasteiger partial charge in [-0.25, -0.2) is 4.39 Å². The minimum Gasteiger partial charge on any atom is -0.405 e. The number of halogens is 4. The van der Waals surface area contributed by atoms with Gasteiger partial charge in [-0.2, -0.15) is 0 Å². The SMILES string of the molecule is C=C(CN1CCC(c2ccccc2OC(F)(F)F)CC1)N1CCCc2cc(F)cc(N)c21. The number of piperidine rings is 1. The van der Waals surface area contributed by atoms with E-state index in [-0.39, 0.29) is 17.5 Å². The van der Waals surface area contributed by atoms with Crippen LogP contribution in [-0.4, -0.2) is 37.4 Å². The van der Waals surface area contributed by atoms with Crippen LogP contribution in [0.3, 0.4) is 0 Å². The van der Waals surface area contributed by atoms with Crippen molar-refractivity contribution in [2.45, 2.75) is 38.0 Å². The largest absolute Gasteiger partial charge is 0.573 e. The number of benzene rings is 2. The Balaban J connectivity index is 1.39. The summed E-state index contributed by atoms with van der Waals surface area (Å²) in [6, 6.07) is 9.27. The van der Waals surface area contributed by atoms with Crippen molar-refractivity contribution in [1.82, 2.24) is 4.90 Å². The first-order valence-electron chi connectivity index (χ1n) is 10.8. The lowest BCUT2D eigenvalue weighted by Crippen LogP contribution is -2.39. The molecule has 0 spiro atoms. The summed E-state index contributed by atoms with van der Waals surface area (Å²) in [4.78, 5) is 4.33. The van der Waals surface area contributed by atoms with Crippen LogP contribution in [0.5, 0.6) is 5.75 Å². The van der Waals surface area contributed by atoms with Crippen LogP contribution in [0.1, 0.15) is 36.3 Å². The zero-order valence-corrected chi connectivity index (χ0v) is 17.8. The predicted molar refractivity (Wildman–Crippen MR) is 117 cm³/mol. The summed E-state index contributed by atoms with van der Waals surface area (Å²) >= 11 is 0. The standard InChI is InChI=1S/C24H27F4N3O/c1-16(31-10-4-5-18-13-19(25)14-21(29)23(18)31)15-30-11-8-17(9-12-30)20-6-2-3-7-22(20)32-24(26,27)28/h2-3,6-7,13-14,17H,1,4-5,8-12,15,29H2. The number of hydrogen-bond acceptors (Lipinski definition) is 4. The number of fused-ring (bicyclic) bond motifs is 1. The van der Waals surface area contributed by atoms with Crippen molar-refractivity contribution in [3.63, 3.8) is 0 Å². The number of nitrogens with zero attached hydrogens (tertiary/aromatic N) is 2. The Hall–Kier alpha value is -2.74. The topological polar surface area (TPSA) is 41.7 Å². The van der Waals surface area contributed by atoms with E-state index in [1.807, 2.05) is 0 Å². The van der Waals surface area contributed by atoms with Gasteiger partial charge in [0.15, 0.2) is 0 Å². The van der Waals surface area contributed by atoms with Crippen LogP contribution in [0.4, 0.5) is 28.9 Å². The molecule has 0 amide bonds. The Labute approximate surface area is 185 Å². The first-order valence-corrected chi connectivity index (χ1v) is 10.8. The van der Waals surface area contributed by atoms with Gasteiger partial charge in [-0.05, 0) is 74.0 Å². The normalized spacial score (nSPS) is 17.8. The van der Waals surface area contributed by atoms with Crippen molar-refractivity contribution in [3.8, 4) is 5.75 Å². The molecule has 0 radical (unpaired) electrons. The summed E-state index contributed by atoms with van der Waals surface area (Å²) in [7, 11) is 0. The Kier molecular flexibility index (Phi) is 6.33. The van der Waals surface area contributed by atoms with Gasteiger partial charge in [0, 0.05) is 18.8 Å². The fourth-order valence-electron chi connectivity index (χ4n) is 4.84. The van der Waals surface area contributed by atoms with Gasteiger partial charge in [0.05, 0.1) is 11.4 Å². The molecule has 2 N–H and O–H groups in total. The van der Waals surface area contributed by atoms with E-state index in [0.29, 0.717) is 17.8 Å². The molecule has 0 unspecified atom stereocenters. The van der Waals surface area contributed by atoms with Crippen LogP contribution in [0.25, 0.3) is 0 Å². The van der Waals surface area contributed by atoms with E-state index in [2.05, 4.69) is 21.1 Å². The van der Waals surface area contributed by atoms with Crippen LogP contribution < -0.4 is 15.4 Å². The van der Waals surface area contributed by atoms with Crippen molar-refractivity contribution in [1.29, 1.82) is 0 Å². The quantitative estimate of drug-likeness (QED) is 0.487. The third-order valence-electron chi connectivity index (χ3n) is 6.24. The lowest BCUT2D eigenvalue weighted by molar-refractivity contribution is -0.275. The van der Waals surface area contributed by atoms with Gasteiger partial charge < -0.3 is 15.4 Å². The number of aryl methyl sites for hydroxylation is 1. The molecule has 8 heteroatoms. The van der Waals surface area contributed by atoms with E-state index < -0.39 is 6.36 Å². The number of nitrogens with two attached hydrogens (primary N) is 1. The van der Waals surface area contributed by atoms with Crippen LogP contribution in [-0.2, 0) is 6.42 Å². The summed E-state index contributed by atoms with van der Waals surface area (Å²) in [5.74, 6) is -0.437. The van der Waals surface area contributed by atoms with E-state index in [4.69, 9.17) is 5.73 Å². The Bertz CT molecular complexity index is 984. The maximum atomic E-state index is 13.8. The van der Waals surface area contributed by atoms with Gasteiger partial charge in [-0.3, -0.25) is 4.90 Å². The highest BCUT2D eigenvalue weighted by atomic mass is 19.4. The molecule has 2 aliphatic heterocycles. The van der Waals surface area contributed by atoms with Crippen LogP contribution in [0.2, 0.25) is 0 Å². The first kappa shape index (κ1) is 22.5. The molecule has 0 saturated carbocycles. The number of likely N-dealkylation sites (tertiary alicyclic amines) is 1. The predicted octanol–water partition coefficient (Wildman–Crippen LogP) is 5.45. The van der Waals surface area contributed by atoms with Crippen molar-refractivity contribution in [2.24, 2.45) is 0 Å². The molecular formula is C24H27F4N3O. The summed E-state index contributed by atoms with van der Waals surface area (Å²) in [6.07, 6.45) is -1.56. The van der Waals surface area contributed by atoms with E-state index in [1.54, 1.807) is 18.2 Å². The smallest absolute Gasteiger partial charge is 0.405 e. The summed E-state index contributed by atoms with van der Waals surface area (Å²) in [5, 5.41) is 0. The van der Waals surface area contributed by atoms with E-state index in [9.17, 15) is 17.6 Å². The molecule has 172 valence electrons. The molecule has 1 saturated heterocycles. The molecule has 0 atom stereocenters. The maximum Gasteiger partial charge on any atom is 0.573 e. The maximum absolute atomic E-state index is 13.8. The molecule has 0 aliphatic carbocycles. The number of hydrogen-bond donors (Lipinski definition) is 1. The third-order valence-corrected chi connectivity index (χ3v) is 6.24. The van der Waals surface area contributed by atoms with Gasteiger partial charge in [0.25, 0.3) is 0 Å². The van der Waals surface area contributed by atoms with Gasteiger partial charge in [0.2, 0.25) is 0 Å². The molecule has 32 heavy (non-hydrogen) atoms. The number of alkyl halides is 3. The van der Waals surface area contributed by atoms with E-state index in [0.717, 1.165) is 62.3 Å². The highest BCUT2D eigenvalue weighted by Gasteiger charge is 2.33. The number of para-hydroxylation sites is 1. The molecule has 0 bridgehead atoms. The van der Waals surface area contributed by atoms with Crippen molar-refractivity contribution >= 4 is 11.4 Å². The molecule has 2 aromatic rings. The average Bonchev–Trinajstić information content (AvgIpc) is 2.73. The van der Waals surface area contributed by atoms with Crippen LogP contribution in [0.15, 0.2) is 48.7 Å². The fourth-order valence-corrected chi connectivity index (χ4v) is 4.84. The average molecular weight is 449 g/mol. The summed E-state index contributed by atoms with van der Waals surface area (Å²) in [5.41, 5.74) is 9.77. The number of nitrogen functional groups attached to an aromatic ring is 1. The first-order chi connectivity index (χ1) is 15.2. The van der Waals surface area contributed by atoms with E-state index >= 15 is 0 Å². The molecule has 2 heterocycles. The lowest BCUT2D eigenvalue weighted by Gasteiger charge is -2.38. The second kappa shape index (κ2) is 9.02. The number of rotatable bonds is 5. The minimum absolute atomic E-state index is 0.00685. The second-order valence-corrected chi connectivity index (χ2v) is 8.46. The second-order valence-electron chi connectivity index (χ2n) is 8.46. The highest BCUT2D eigenvalue weighted by Crippen LogP contribution is 2.38. The Morgan fingerprint density at radius 2 is 1.84 bits per heavy atom. The molecule has 0 aromatic heterocycles. The van der Waals surface area contributed by atoms with Crippen molar-refractivity contribution in [2.75, 3.05) is 36.8 Å². The van der Waals surface area contributed by atoms with Gasteiger partial charge in [-0.15, -0.1) is 13.2 Å². The molecule has 4 nitrogen and oxygen atoms in total. The molecule has 2 aliphatic rings. The van der Waals surface area contributed by atoms with Crippen LogP contribution >= 0.6 is 0 Å². The van der Waals surface area contributed by atoms with Gasteiger partial charge in [-0.1, -0.05) is 24.8 Å². The minimum atomic E-state index is -4.70. The van der Waals surface area contributed by atoms with Crippen molar-refractivity contribution < 1.29 is 22.3 Å². The Morgan fingerprint density at radius 1 is 1.12 bits per heavy atom. The highest BCUT2D eigenvalue weighted by molar-refractivity contribution is 5.75. The van der Waals surface area contributed by atoms with Gasteiger partial charge >= 0.3 is 6.36 Å². The molecule has 1 fully saturated rings. The lowest BCUT2D eigenvalue weighted by atomic mass is 9.88. The summed E-state index contributed by atoms with van der Waals surface area (Å²) in [6.45, 7) is 7.14. The molecule has 4 rings (SSSR count). The fraction of sp³-hybridized carbons (Fsp3) is 0.417. The van der Waals surface area contributed by atoms with E-state index in [1.165, 1.54) is 18.2 Å². The third kappa shape index (κ3) is 5.01. The molecular weight excluding hydrogens is 422 g/mol. The zero-order valence-electron chi connectivity index (χ0n) is 17.8. The Morgan fingerprint density at radius 3 is 2.56 bits per heavy atom. The van der Waals surface area contributed by atoms with Gasteiger partial charge in [0.1, 0.15) is 11.6 Å². The monoisotopic (exact) mass is 449 g/mol. The molecule has 2 aromatic carbocycles. The van der Waals surface area contributed by atoms with Crippen molar-refractivity contribution in [3.05, 3.63) is 65.6 Å². The van der Waals surface area contributed by atoms with Crippen LogP contribution in [0, 0.1) is 5.82 Å².